The highest BCUT2D eigenvalue weighted by Crippen LogP contribution is 2.35. The number of carbonyl (C=O) groups is 1. The normalized spacial score (nSPS) is 25.4. The molecule has 1 aromatic heterocycles. The van der Waals surface area contributed by atoms with Gasteiger partial charge in [0.1, 0.15) is 11.6 Å². The van der Waals surface area contributed by atoms with E-state index in [1.807, 2.05) is 31.4 Å². The van der Waals surface area contributed by atoms with E-state index >= 15 is 0 Å². The molecule has 1 N–H and O–H groups in total. The molecule has 1 aliphatic heterocycles. The third-order valence-corrected chi connectivity index (χ3v) is 3.08. The van der Waals surface area contributed by atoms with Crippen LogP contribution in [0, 0.1) is 0 Å². The Bertz CT molecular complexity index is 318. The molecule has 1 aliphatic rings. The molecule has 0 radical (unpaired) electrons. The minimum atomic E-state index is -0.443. The van der Waals surface area contributed by atoms with Crippen molar-refractivity contribution in [2.24, 2.45) is 0 Å². The standard InChI is InChI=1S/C9H11NO2S/c1-9(2)7(10-8(11)12-9)6-4-3-5-13-6/h3-5,7H,1-2H3,(H,10,11)/t7-/m1/s1. The number of hydrogen-bond acceptors (Lipinski definition) is 3. The summed E-state index contributed by atoms with van der Waals surface area (Å²) in [7, 11) is 0. The molecule has 0 unspecified atom stereocenters. The maximum absolute atomic E-state index is 11.0. The van der Waals surface area contributed by atoms with Crippen LogP contribution in [0.25, 0.3) is 0 Å². The molecule has 2 rings (SSSR count). The minimum Gasteiger partial charge on any atom is -0.441 e. The largest absolute Gasteiger partial charge is 0.441 e. The molecule has 1 amide bonds. The van der Waals surface area contributed by atoms with Crippen molar-refractivity contribution >= 4 is 17.4 Å². The first-order chi connectivity index (χ1) is 6.09. The molecular formula is C9H11NO2S. The third kappa shape index (κ3) is 1.42. The highest BCUT2D eigenvalue weighted by atomic mass is 32.1. The van der Waals surface area contributed by atoms with E-state index in [4.69, 9.17) is 4.74 Å². The van der Waals surface area contributed by atoms with Crippen LogP contribution in [0.15, 0.2) is 17.5 Å². The summed E-state index contributed by atoms with van der Waals surface area (Å²) < 4.78 is 5.14. The number of hydrogen-bond donors (Lipinski definition) is 1. The van der Waals surface area contributed by atoms with Crippen molar-refractivity contribution in [1.29, 1.82) is 0 Å². The monoisotopic (exact) mass is 197 g/mol. The zero-order valence-corrected chi connectivity index (χ0v) is 8.35. The van der Waals surface area contributed by atoms with Gasteiger partial charge in [0.15, 0.2) is 0 Å². The topological polar surface area (TPSA) is 38.3 Å². The van der Waals surface area contributed by atoms with Crippen LogP contribution in [-0.4, -0.2) is 11.7 Å². The van der Waals surface area contributed by atoms with Crippen molar-refractivity contribution in [3.8, 4) is 0 Å². The summed E-state index contributed by atoms with van der Waals surface area (Å²) in [5.74, 6) is 0. The molecule has 70 valence electrons. The van der Waals surface area contributed by atoms with Crippen LogP contribution in [0.3, 0.4) is 0 Å². The molecule has 1 aromatic rings. The van der Waals surface area contributed by atoms with Crippen molar-refractivity contribution < 1.29 is 9.53 Å². The van der Waals surface area contributed by atoms with Crippen molar-refractivity contribution in [1.82, 2.24) is 5.32 Å². The fraction of sp³-hybridized carbons (Fsp3) is 0.444. The molecule has 0 saturated carbocycles. The molecule has 1 fully saturated rings. The van der Waals surface area contributed by atoms with Gasteiger partial charge < -0.3 is 10.1 Å². The number of ether oxygens (including phenoxy) is 1. The lowest BCUT2D eigenvalue weighted by atomic mass is 9.99. The number of rotatable bonds is 1. The highest BCUT2D eigenvalue weighted by molar-refractivity contribution is 7.10. The van der Waals surface area contributed by atoms with E-state index in [0.717, 1.165) is 4.88 Å². The van der Waals surface area contributed by atoms with E-state index < -0.39 is 5.60 Å². The smallest absolute Gasteiger partial charge is 0.408 e. The van der Waals surface area contributed by atoms with Crippen LogP contribution in [0.5, 0.6) is 0 Å². The van der Waals surface area contributed by atoms with Gasteiger partial charge >= 0.3 is 6.09 Å². The summed E-state index contributed by atoms with van der Waals surface area (Å²) in [6, 6.07) is 3.96. The lowest BCUT2D eigenvalue weighted by Crippen LogP contribution is -2.29. The average Bonchev–Trinajstić information content (AvgIpc) is 2.56. The number of carbonyl (C=O) groups excluding carboxylic acids is 1. The van der Waals surface area contributed by atoms with Gasteiger partial charge in [-0.15, -0.1) is 11.3 Å². The van der Waals surface area contributed by atoms with Crippen molar-refractivity contribution in [2.75, 3.05) is 0 Å². The van der Waals surface area contributed by atoms with E-state index in [0.29, 0.717) is 0 Å². The van der Waals surface area contributed by atoms with Gasteiger partial charge in [0.05, 0.1) is 0 Å². The average molecular weight is 197 g/mol. The molecule has 0 aliphatic carbocycles. The Morgan fingerprint density at radius 2 is 2.38 bits per heavy atom. The zero-order valence-electron chi connectivity index (χ0n) is 7.53. The SMILES string of the molecule is CC1(C)OC(=O)N[C@@H]1c1cccs1. The molecule has 0 spiro atoms. The van der Waals surface area contributed by atoms with E-state index in [-0.39, 0.29) is 12.1 Å². The van der Waals surface area contributed by atoms with Crippen LogP contribution >= 0.6 is 11.3 Å². The number of amides is 1. The first-order valence-electron chi connectivity index (χ1n) is 4.12. The Kier molecular flexibility index (Phi) is 1.80. The Morgan fingerprint density at radius 3 is 2.85 bits per heavy atom. The predicted octanol–water partition coefficient (Wildman–Crippen LogP) is 2.31. The van der Waals surface area contributed by atoms with E-state index in [1.54, 1.807) is 11.3 Å². The second-order valence-corrected chi connectivity index (χ2v) is 4.57. The van der Waals surface area contributed by atoms with Gasteiger partial charge in [-0.1, -0.05) is 6.07 Å². The fourth-order valence-corrected chi connectivity index (χ4v) is 2.44. The number of alkyl carbamates (subject to hydrolysis) is 1. The Morgan fingerprint density at radius 1 is 1.62 bits per heavy atom. The molecular weight excluding hydrogens is 186 g/mol. The summed E-state index contributed by atoms with van der Waals surface area (Å²) in [5, 5.41) is 4.79. The van der Waals surface area contributed by atoms with Crippen LogP contribution < -0.4 is 5.32 Å². The quantitative estimate of drug-likeness (QED) is 0.750. The molecule has 0 aromatic carbocycles. The van der Waals surface area contributed by atoms with Crippen LogP contribution in [0.1, 0.15) is 24.8 Å². The predicted molar refractivity (Wildman–Crippen MR) is 50.8 cm³/mol. The van der Waals surface area contributed by atoms with E-state index in [9.17, 15) is 4.79 Å². The number of thiophene rings is 1. The van der Waals surface area contributed by atoms with Gasteiger partial charge in [0, 0.05) is 4.88 Å². The molecule has 4 heteroatoms. The molecule has 0 bridgehead atoms. The second-order valence-electron chi connectivity index (χ2n) is 3.59. The summed E-state index contributed by atoms with van der Waals surface area (Å²) in [5.41, 5.74) is -0.443. The molecule has 1 saturated heterocycles. The second kappa shape index (κ2) is 2.73. The summed E-state index contributed by atoms with van der Waals surface area (Å²) >= 11 is 1.63. The van der Waals surface area contributed by atoms with Gasteiger partial charge in [0.25, 0.3) is 0 Å². The summed E-state index contributed by atoms with van der Waals surface area (Å²) in [4.78, 5) is 12.2. The Balaban J connectivity index is 2.30. The molecule has 13 heavy (non-hydrogen) atoms. The summed E-state index contributed by atoms with van der Waals surface area (Å²) in [6.07, 6.45) is -0.330. The maximum Gasteiger partial charge on any atom is 0.408 e. The van der Waals surface area contributed by atoms with E-state index in [2.05, 4.69) is 5.32 Å². The first-order valence-corrected chi connectivity index (χ1v) is 5.00. The molecule has 3 nitrogen and oxygen atoms in total. The van der Waals surface area contributed by atoms with Crippen molar-refractivity contribution in [2.45, 2.75) is 25.5 Å². The Labute approximate surface area is 80.7 Å². The van der Waals surface area contributed by atoms with Crippen LogP contribution in [0.2, 0.25) is 0 Å². The van der Waals surface area contributed by atoms with Gasteiger partial charge in [0.2, 0.25) is 0 Å². The van der Waals surface area contributed by atoms with E-state index in [1.165, 1.54) is 0 Å². The van der Waals surface area contributed by atoms with Crippen LogP contribution in [-0.2, 0) is 4.74 Å². The third-order valence-electron chi connectivity index (χ3n) is 2.14. The van der Waals surface area contributed by atoms with Crippen molar-refractivity contribution in [3.63, 3.8) is 0 Å². The van der Waals surface area contributed by atoms with Gasteiger partial charge in [-0.05, 0) is 25.3 Å². The minimum absolute atomic E-state index is 0.0139. The van der Waals surface area contributed by atoms with Crippen LogP contribution in [0.4, 0.5) is 4.79 Å². The number of cyclic esters (lactones) is 1. The fourth-order valence-electron chi connectivity index (χ4n) is 1.49. The van der Waals surface area contributed by atoms with Gasteiger partial charge in [-0.2, -0.15) is 0 Å². The molecule has 1 atom stereocenters. The molecule has 2 heterocycles. The maximum atomic E-state index is 11.0. The highest BCUT2D eigenvalue weighted by Gasteiger charge is 2.42. The number of nitrogens with one attached hydrogen (secondary N) is 1. The zero-order chi connectivity index (χ0) is 9.47. The van der Waals surface area contributed by atoms with Gasteiger partial charge in [-0.25, -0.2) is 4.79 Å². The Hall–Kier alpha value is -1.03. The lowest BCUT2D eigenvalue weighted by Gasteiger charge is -2.22. The van der Waals surface area contributed by atoms with Crippen molar-refractivity contribution in [3.05, 3.63) is 22.4 Å². The first kappa shape index (κ1) is 8.56. The lowest BCUT2D eigenvalue weighted by molar-refractivity contribution is 0.0690. The van der Waals surface area contributed by atoms with Gasteiger partial charge in [-0.3, -0.25) is 0 Å². The summed E-state index contributed by atoms with van der Waals surface area (Å²) in [6.45, 7) is 3.82.